The SMILES string of the molecule is Cc1ccc(NC(=O)C2Cc3ccccc3C(=O)O2)c(Br)c1. The van der Waals surface area contributed by atoms with Gasteiger partial charge in [-0.25, -0.2) is 4.79 Å². The number of benzene rings is 2. The average Bonchev–Trinajstić information content (AvgIpc) is 2.50. The topological polar surface area (TPSA) is 55.4 Å². The van der Waals surface area contributed by atoms with E-state index in [0.29, 0.717) is 17.7 Å². The molecule has 1 aliphatic rings. The lowest BCUT2D eigenvalue weighted by Gasteiger charge is -2.24. The van der Waals surface area contributed by atoms with Crippen molar-refractivity contribution < 1.29 is 14.3 Å². The second-order valence-corrected chi connectivity index (χ2v) is 6.08. The first-order chi connectivity index (χ1) is 10.5. The van der Waals surface area contributed by atoms with E-state index in [0.717, 1.165) is 15.6 Å². The van der Waals surface area contributed by atoms with Crippen LogP contribution in [0.3, 0.4) is 0 Å². The Morgan fingerprint density at radius 2 is 2.05 bits per heavy atom. The fourth-order valence-corrected chi connectivity index (χ4v) is 3.00. The lowest BCUT2D eigenvalue weighted by atomic mass is 9.98. The Bertz CT molecular complexity index is 757. The molecule has 112 valence electrons. The van der Waals surface area contributed by atoms with Crippen LogP contribution >= 0.6 is 15.9 Å². The molecule has 0 aromatic heterocycles. The van der Waals surface area contributed by atoms with Crippen LogP contribution in [0.5, 0.6) is 0 Å². The molecule has 1 amide bonds. The normalized spacial score (nSPS) is 16.6. The monoisotopic (exact) mass is 359 g/mol. The molecule has 1 N–H and O–H groups in total. The van der Waals surface area contributed by atoms with Crippen LogP contribution in [0, 0.1) is 6.92 Å². The van der Waals surface area contributed by atoms with Crippen LogP contribution in [0.1, 0.15) is 21.5 Å². The molecule has 1 atom stereocenters. The summed E-state index contributed by atoms with van der Waals surface area (Å²) in [6, 6.07) is 12.8. The fourth-order valence-electron chi connectivity index (χ4n) is 2.41. The Morgan fingerprint density at radius 1 is 1.27 bits per heavy atom. The highest BCUT2D eigenvalue weighted by Gasteiger charge is 2.31. The first-order valence-corrected chi connectivity index (χ1v) is 7.70. The molecule has 22 heavy (non-hydrogen) atoms. The van der Waals surface area contributed by atoms with Crippen molar-refractivity contribution in [3.05, 3.63) is 63.6 Å². The number of fused-ring (bicyclic) bond motifs is 1. The zero-order chi connectivity index (χ0) is 15.7. The summed E-state index contributed by atoms with van der Waals surface area (Å²) in [5.74, 6) is -0.780. The van der Waals surface area contributed by atoms with E-state index in [1.165, 1.54) is 0 Å². The van der Waals surface area contributed by atoms with Crippen LogP contribution in [0.15, 0.2) is 46.9 Å². The van der Waals surface area contributed by atoms with Gasteiger partial charge < -0.3 is 10.1 Å². The number of rotatable bonds is 2. The smallest absolute Gasteiger partial charge is 0.339 e. The number of carbonyl (C=O) groups is 2. The number of amides is 1. The lowest BCUT2D eigenvalue weighted by molar-refractivity contribution is -0.125. The molecule has 0 saturated heterocycles. The summed E-state index contributed by atoms with van der Waals surface area (Å²) in [6.07, 6.45) is -0.423. The van der Waals surface area contributed by atoms with E-state index in [1.54, 1.807) is 12.1 Å². The Labute approximate surface area is 136 Å². The third-order valence-electron chi connectivity index (χ3n) is 3.57. The number of ether oxygens (including phenoxy) is 1. The van der Waals surface area contributed by atoms with E-state index in [-0.39, 0.29) is 5.91 Å². The summed E-state index contributed by atoms with van der Waals surface area (Å²) in [7, 11) is 0. The molecule has 5 heteroatoms. The van der Waals surface area contributed by atoms with Gasteiger partial charge in [0.15, 0.2) is 6.10 Å². The van der Waals surface area contributed by atoms with Crippen LogP contribution in [0.2, 0.25) is 0 Å². The van der Waals surface area contributed by atoms with E-state index < -0.39 is 12.1 Å². The number of cyclic esters (lactones) is 1. The molecular weight excluding hydrogens is 346 g/mol. The standard InChI is InChI=1S/C17H14BrNO3/c1-10-6-7-14(13(18)8-10)19-16(20)15-9-11-4-2-3-5-12(11)17(21)22-15/h2-8,15H,9H2,1H3,(H,19,20). The maximum atomic E-state index is 12.4. The highest BCUT2D eigenvalue weighted by atomic mass is 79.9. The average molecular weight is 360 g/mol. The van der Waals surface area contributed by atoms with Gasteiger partial charge in [-0.15, -0.1) is 0 Å². The quantitative estimate of drug-likeness (QED) is 0.835. The van der Waals surface area contributed by atoms with Gasteiger partial charge in [-0.2, -0.15) is 0 Å². The van der Waals surface area contributed by atoms with Crippen LogP contribution in [0.4, 0.5) is 5.69 Å². The molecule has 1 unspecified atom stereocenters. The Morgan fingerprint density at radius 3 is 2.82 bits per heavy atom. The van der Waals surface area contributed by atoms with E-state index in [4.69, 9.17) is 4.74 Å². The van der Waals surface area contributed by atoms with Gasteiger partial charge in [0, 0.05) is 10.9 Å². The molecule has 0 spiro atoms. The Balaban J connectivity index is 1.78. The van der Waals surface area contributed by atoms with Crippen molar-refractivity contribution in [2.75, 3.05) is 5.32 Å². The number of anilines is 1. The van der Waals surface area contributed by atoms with E-state index >= 15 is 0 Å². The predicted molar refractivity (Wildman–Crippen MR) is 86.9 cm³/mol. The Hall–Kier alpha value is -2.14. The molecule has 0 bridgehead atoms. The highest BCUT2D eigenvalue weighted by molar-refractivity contribution is 9.10. The van der Waals surface area contributed by atoms with Crippen molar-refractivity contribution in [1.29, 1.82) is 0 Å². The molecule has 2 aromatic carbocycles. The van der Waals surface area contributed by atoms with Gasteiger partial charge in [-0.05, 0) is 52.2 Å². The molecule has 0 aliphatic carbocycles. The van der Waals surface area contributed by atoms with Crippen molar-refractivity contribution >= 4 is 33.5 Å². The highest BCUT2D eigenvalue weighted by Crippen LogP contribution is 2.25. The van der Waals surface area contributed by atoms with Crippen molar-refractivity contribution in [3.8, 4) is 0 Å². The first kappa shape index (κ1) is 14.8. The van der Waals surface area contributed by atoms with Crippen molar-refractivity contribution in [2.45, 2.75) is 19.4 Å². The maximum absolute atomic E-state index is 12.4. The lowest BCUT2D eigenvalue weighted by Crippen LogP contribution is -2.38. The molecular formula is C17H14BrNO3. The molecule has 4 nitrogen and oxygen atoms in total. The molecule has 1 aliphatic heterocycles. The molecule has 0 saturated carbocycles. The van der Waals surface area contributed by atoms with Crippen LogP contribution < -0.4 is 5.32 Å². The number of esters is 1. The van der Waals surface area contributed by atoms with Gasteiger partial charge in [-0.1, -0.05) is 24.3 Å². The molecule has 2 aromatic rings. The zero-order valence-corrected chi connectivity index (χ0v) is 13.5. The van der Waals surface area contributed by atoms with E-state index in [9.17, 15) is 9.59 Å². The van der Waals surface area contributed by atoms with Crippen molar-refractivity contribution in [2.24, 2.45) is 0 Å². The zero-order valence-electron chi connectivity index (χ0n) is 11.9. The van der Waals surface area contributed by atoms with Gasteiger partial charge >= 0.3 is 5.97 Å². The van der Waals surface area contributed by atoms with E-state index in [2.05, 4.69) is 21.2 Å². The van der Waals surface area contributed by atoms with Crippen LogP contribution in [-0.4, -0.2) is 18.0 Å². The largest absolute Gasteiger partial charge is 0.448 e. The van der Waals surface area contributed by atoms with Crippen LogP contribution in [-0.2, 0) is 16.0 Å². The number of hydrogen-bond donors (Lipinski definition) is 1. The molecule has 1 heterocycles. The number of hydrogen-bond acceptors (Lipinski definition) is 3. The fraction of sp³-hybridized carbons (Fsp3) is 0.176. The summed E-state index contributed by atoms with van der Waals surface area (Å²) >= 11 is 3.41. The van der Waals surface area contributed by atoms with Crippen LogP contribution in [0.25, 0.3) is 0 Å². The van der Waals surface area contributed by atoms with Gasteiger partial charge in [-0.3, -0.25) is 4.79 Å². The second kappa shape index (κ2) is 5.93. The maximum Gasteiger partial charge on any atom is 0.339 e. The van der Waals surface area contributed by atoms with Crippen molar-refractivity contribution in [1.82, 2.24) is 0 Å². The second-order valence-electron chi connectivity index (χ2n) is 5.23. The van der Waals surface area contributed by atoms with Gasteiger partial charge in [0.05, 0.1) is 11.3 Å². The minimum atomic E-state index is -0.810. The van der Waals surface area contributed by atoms with Gasteiger partial charge in [0.1, 0.15) is 0 Å². The summed E-state index contributed by atoms with van der Waals surface area (Å²) in [6.45, 7) is 1.97. The third-order valence-corrected chi connectivity index (χ3v) is 4.22. The first-order valence-electron chi connectivity index (χ1n) is 6.90. The summed E-state index contributed by atoms with van der Waals surface area (Å²) in [5, 5.41) is 2.80. The van der Waals surface area contributed by atoms with Gasteiger partial charge in [0.2, 0.25) is 0 Å². The number of aryl methyl sites for hydroxylation is 1. The predicted octanol–water partition coefficient (Wildman–Crippen LogP) is 3.48. The third kappa shape index (κ3) is 2.90. The Kier molecular flexibility index (Phi) is 3.98. The molecule has 3 rings (SSSR count). The summed E-state index contributed by atoms with van der Waals surface area (Å²) in [4.78, 5) is 24.3. The minimum absolute atomic E-state index is 0.326. The summed E-state index contributed by atoms with van der Waals surface area (Å²) in [5.41, 5.74) is 3.11. The van der Waals surface area contributed by atoms with Gasteiger partial charge in [0.25, 0.3) is 5.91 Å². The molecule has 0 fully saturated rings. The van der Waals surface area contributed by atoms with E-state index in [1.807, 2.05) is 37.3 Å². The number of halogens is 1. The number of nitrogens with one attached hydrogen (secondary N) is 1. The number of carbonyl (C=O) groups excluding carboxylic acids is 2. The van der Waals surface area contributed by atoms with Crippen molar-refractivity contribution in [3.63, 3.8) is 0 Å². The minimum Gasteiger partial charge on any atom is -0.448 e. The molecule has 0 radical (unpaired) electrons. The summed E-state index contributed by atoms with van der Waals surface area (Å²) < 4.78 is 6.04.